The minimum absolute atomic E-state index is 0.274. The largest absolute Gasteiger partial charge is 0.496 e. The Morgan fingerprint density at radius 1 is 1.40 bits per heavy atom. The quantitative estimate of drug-likeness (QED) is 0.834. The Labute approximate surface area is 121 Å². The van der Waals surface area contributed by atoms with Crippen LogP contribution in [0.5, 0.6) is 5.75 Å². The van der Waals surface area contributed by atoms with Gasteiger partial charge in [-0.3, -0.25) is 4.90 Å². The number of ether oxygens (including phenoxy) is 1. The highest BCUT2D eigenvalue weighted by Crippen LogP contribution is 2.25. The van der Waals surface area contributed by atoms with E-state index in [4.69, 9.17) is 10.5 Å². The Bertz CT molecular complexity index is 421. The van der Waals surface area contributed by atoms with Crippen molar-refractivity contribution in [3.8, 4) is 5.75 Å². The molecule has 0 radical (unpaired) electrons. The first kappa shape index (κ1) is 15.3. The first-order chi connectivity index (χ1) is 9.78. The lowest BCUT2D eigenvalue weighted by atomic mass is 9.98. The smallest absolute Gasteiger partial charge is 0.123 e. The topological polar surface area (TPSA) is 58.7 Å². The van der Waals surface area contributed by atoms with Gasteiger partial charge in [-0.05, 0) is 37.4 Å². The summed E-state index contributed by atoms with van der Waals surface area (Å²) in [7, 11) is 1.69. The summed E-state index contributed by atoms with van der Waals surface area (Å²) in [6, 6.07) is 6.79. The summed E-state index contributed by atoms with van der Waals surface area (Å²) in [5.41, 5.74) is 8.00. The number of methoxy groups -OCH3 is 1. The molecular weight excluding hydrogens is 252 g/mol. The van der Waals surface area contributed by atoms with Gasteiger partial charge < -0.3 is 15.6 Å². The fourth-order valence-electron chi connectivity index (χ4n) is 3.03. The van der Waals surface area contributed by atoms with Crippen molar-refractivity contribution in [2.75, 3.05) is 20.3 Å². The predicted molar refractivity (Wildman–Crippen MR) is 80.6 cm³/mol. The summed E-state index contributed by atoms with van der Waals surface area (Å²) in [4.78, 5) is 2.48. The van der Waals surface area contributed by atoms with Gasteiger partial charge in [0, 0.05) is 31.3 Å². The van der Waals surface area contributed by atoms with Crippen molar-refractivity contribution in [2.45, 2.75) is 44.8 Å². The standard InChI is InChI=1S/C16H26N2O2/c1-20-16-10-13(5-6-14(16)11-17)12-18-8-3-2-4-15(18)7-9-19/h5-6,10,15,19H,2-4,7-9,11-12,17H2,1H3. The molecule has 1 aromatic rings. The number of piperidine rings is 1. The van der Waals surface area contributed by atoms with Crippen LogP contribution in [0.1, 0.15) is 36.8 Å². The number of hydrogen-bond acceptors (Lipinski definition) is 4. The maximum atomic E-state index is 9.19. The zero-order chi connectivity index (χ0) is 14.4. The fourth-order valence-corrected chi connectivity index (χ4v) is 3.03. The van der Waals surface area contributed by atoms with E-state index in [9.17, 15) is 5.11 Å². The molecule has 0 aliphatic carbocycles. The Morgan fingerprint density at radius 2 is 2.25 bits per heavy atom. The highest BCUT2D eigenvalue weighted by Gasteiger charge is 2.22. The van der Waals surface area contributed by atoms with Crippen molar-refractivity contribution in [3.63, 3.8) is 0 Å². The molecule has 1 fully saturated rings. The molecule has 1 aliphatic heterocycles. The lowest BCUT2D eigenvalue weighted by Crippen LogP contribution is -2.39. The van der Waals surface area contributed by atoms with E-state index in [0.29, 0.717) is 12.6 Å². The third-order valence-electron chi connectivity index (χ3n) is 4.17. The lowest BCUT2D eigenvalue weighted by molar-refractivity contribution is 0.112. The van der Waals surface area contributed by atoms with E-state index in [1.807, 2.05) is 0 Å². The average Bonchev–Trinajstić information content (AvgIpc) is 2.49. The van der Waals surface area contributed by atoms with Gasteiger partial charge in [-0.2, -0.15) is 0 Å². The van der Waals surface area contributed by atoms with Crippen molar-refractivity contribution >= 4 is 0 Å². The number of aliphatic hydroxyl groups is 1. The first-order valence-electron chi connectivity index (χ1n) is 7.49. The zero-order valence-corrected chi connectivity index (χ0v) is 12.3. The Balaban J connectivity index is 2.07. The van der Waals surface area contributed by atoms with Gasteiger partial charge in [0.25, 0.3) is 0 Å². The summed E-state index contributed by atoms with van der Waals surface area (Å²) in [6.45, 7) is 2.81. The van der Waals surface area contributed by atoms with Gasteiger partial charge in [-0.1, -0.05) is 18.6 Å². The van der Waals surface area contributed by atoms with Crippen LogP contribution in [0.25, 0.3) is 0 Å². The van der Waals surface area contributed by atoms with Crippen molar-refractivity contribution in [1.29, 1.82) is 0 Å². The van der Waals surface area contributed by atoms with Crippen LogP contribution in [-0.4, -0.2) is 36.3 Å². The summed E-state index contributed by atoms with van der Waals surface area (Å²) in [5.74, 6) is 0.876. The zero-order valence-electron chi connectivity index (χ0n) is 12.3. The molecule has 1 atom stereocenters. The van der Waals surface area contributed by atoms with Gasteiger partial charge in [0.2, 0.25) is 0 Å². The van der Waals surface area contributed by atoms with Gasteiger partial charge >= 0.3 is 0 Å². The van der Waals surface area contributed by atoms with Crippen LogP contribution in [0.2, 0.25) is 0 Å². The second-order valence-corrected chi connectivity index (χ2v) is 5.48. The summed E-state index contributed by atoms with van der Waals surface area (Å²) < 4.78 is 5.40. The molecule has 4 nitrogen and oxygen atoms in total. The lowest BCUT2D eigenvalue weighted by Gasteiger charge is -2.35. The molecule has 0 amide bonds. The minimum Gasteiger partial charge on any atom is -0.496 e. The molecule has 3 N–H and O–H groups in total. The molecule has 1 heterocycles. The number of rotatable bonds is 6. The number of hydrogen-bond donors (Lipinski definition) is 2. The summed E-state index contributed by atoms with van der Waals surface area (Å²) >= 11 is 0. The molecule has 0 aromatic heterocycles. The second-order valence-electron chi connectivity index (χ2n) is 5.48. The Morgan fingerprint density at radius 3 is 2.95 bits per heavy atom. The van der Waals surface area contributed by atoms with Gasteiger partial charge in [0.15, 0.2) is 0 Å². The highest BCUT2D eigenvalue weighted by atomic mass is 16.5. The third kappa shape index (κ3) is 3.72. The number of likely N-dealkylation sites (tertiary alicyclic amines) is 1. The van der Waals surface area contributed by atoms with Crippen LogP contribution in [-0.2, 0) is 13.1 Å². The van der Waals surface area contributed by atoms with E-state index in [-0.39, 0.29) is 6.61 Å². The van der Waals surface area contributed by atoms with Gasteiger partial charge in [-0.15, -0.1) is 0 Å². The van der Waals surface area contributed by atoms with Crippen LogP contribution >= 0.6 is 0 Å². The van der Waals surface area contributed by atoms with Crippen molar-refractivity contribution in [1.82, 2.24) is 4.90 Å². The molecule has 2 rings (SSSR count). The van der Waals surface area contributed by atoms with E-state index in [1.54, 1.807) is 7.11 Å². The average molecular weight is 278 g/mol. The summed E-state index contributed by atoms with van der Waals surface area (Å²) in [6.07, 6.45) is 4.59. The van der Waals surface area contributed by atoms with Crippen molar-refractivity contribution in [3.05, 3.63) is 29.3 Å². The van der Waals surface area contributed by atoms with E-state index in [1.165, 1.54) is 24.8 Å². The maximum absolute atomic E-state index is 9.19. The molecule has 20 heavy (non-hydrogen) atoms. The van der Waals surface area contributed by atoms with Crippen molar-refractivity contribution < 1.29 is 9.84 Å². The van der Waals surface area contributed by atoms with Crippen LogP contribution in [0.3, 0.4) is 0 Å². The molecule has 0 saturated carbocycles. The molecule has 0 bridgehead atoms. The number of aliphatic hydroxyl groups excluding tert-OH is 1. The molecule has 1 unspecified atom stereocenters. The fraction of sp³-hybridized carbons (Fsp3) is 0.625. The first-order valence-corrected chi connectivity index (χ1v) is 7.49. The molecule has 112 valence electrons. The number of benzene rings is 1. The normalized spacial score (nSPS) is 20.1. The molecular formula is C16H26N2O2. The molecule has 1 aromatic carbocycles. The van der Waals surface area contributed by atoms with E-state index < -0.39 is 0 Å². The maximum Gasteiger partial charge on any atom is 0.123 e. The van der Waals surface area contributed by atoms with Crippen LogP contribution in [0, 0.1) is 0 Å². The SMILES string of the molecule is COc1cc(CN2CCCCC2CCO)ccc1CN. The number of nitrogens with two attached hydrogens (primary N) is 1. The van der Waals surface area contributed by atoms with Gasteiger partial charge in [0.1, 0.15) is 5.75 Å². The molecule has 1 saturated heterocycles. The molecule has 4 heteroatoms. The Hall–Kier alpha value is -1.10. The van der Waals surface area contributed by atoms with Crippen LogP contribution < -0.4 is 10.5 Å². The second kappa shape index (κ2) is 7.62. The monoisotopic (exact) mass is 278 g/mol. The van der Waals surface area contributed by atoms with E-state index in [2.05, 4.69) is 23.1 Å². The Kier molecular flexibility index (Phi) is 5.83. The molecule has 0 spiro atoms. The predicted octanol–water partition coefficient (Wildman–Crippen LogP) is 1.89. The summed E-state index contributed by atoms with van der Waals surface area (Å²) in [5, 5.41) is 9.19. The van der Waals surface area contributed by atoms with Crippen LogP contribution in [0.15, 0.2) is 18.2 Å². The number of nitrogens with zero attached hydrogens (tertiary/aromatic N) is 1. The van der Waals surface area contributed by atoms with E-state index in [0.717, 1.165) is 30.8 Å². The van der Waals surface area contributed by atoms with E-state index >= 15 is 0 Å². The minimum atomic E-state index is 0.274. The van der Waals surface area contributed by atoms with Crippen molar-refractivity contribution in [2.24, 2.45) is 5.73 Å². The molecule has 1 aliphatic rings. The van der Waals surface area contributed by atoms with Crippen LogP contribution in [0.4, 0.5) is 0 Å². The highest BCUT2D eigenvalue weighted by molar-refractivity contribution is 5.37. The third-order valence-corrected chi connectivity index (χ3v) is 4.17. The van der Waals surface area contributed by atoms with Gasteiger partial charge in [-0.25, -0.2) is 0 Å². The van der Waals surface area contributed by atoms with Gasteiger partial charge in [0.05, 0.1) is 7.11 Å².